The molecule has 6 heteroatoms. The van der Waals surface area contributed by atoms with Gasteiger partial charge in [-0.1, -0.05) is 0 Å². The molecule has 4 N–H and O–H groups in total. The van der Waals surface area contributed by atoms with E-state index >= 15 is 0 Å². The van der Waals surface area contributed by atoms with Gasteiger partial charge in [-0.25, -0.2) is 13.8 Å². The van der Waals surface area contributed by atoms with Crippen molar-refractivity contribution >= 4 is 5.82 Å². The molecule has 0 aliphatic rings. The SMILES string of the molecule is Nc1ncc(O)c(C(F)F)c1O. The Labute approximate surface area is 66.3 Å². The second kappa shape index (κ2) is 2.80. The summed E-state index contributed by atoms with van der Waals surface area (Å²) in [7, 11) is 0. The van der Waals surface area contributed by atoms with Crippen molar-refractivity contribution in [1.82, 2.24) is 4.98 Å². The Morgan fingerprint density at radius 1 is 1.42 bits per heavy atom. The molecule has 66 valence electrons. The Balaban J connectivity index is 3.33. The predicted octanol–water partition coefficient (Wildman–Crippen LogP) is 1.01. The maximum absolute atomic E-state index is 12.1. The minimum absolute atomic E-state index is 0.428. The molecule has 1 heterocycles. The van der Waals surface area contributed by atoms with Crippen LogP contribution in [0.2, 0.25) is 0 Å². The van der Waals surface area contributed by atoms with Crippen molar-refractivity contribution in [2.75, 3.05) is 5.73 Å². The van der Waals surface area contributed by atoms with Crippen molar-refractivity contribution in [1.29, 1.82) is 0 Å². The van der Waals surface area contributed by atoms with E-state index in [1.54, 1.807) is 0 Å². The van der Waals surface area contributed by atoms with Crippen molar-refractivity contribution < 1.29 is 19.0 Å². The van der Waals surface area contributed by atoms with E-state index in [0.29, 0.717) is 0 Å². The van der Waals surface area contributed by atoms with Crippen LogP contribution in [-0.4, -0.2) is 15.2 Å². The molecule has 0 aliphatic heterocycles. The van der Waals surface area contributed by atoms with Gasteiger partial charge >= 0.3 is 0 Å². The van der Waals surface area contributed by atoms with Gasteiger partial charge in [0.1, 0.15) is 11.3 Å². The summed E-state index contributed by atoms with van der Waals surface area (Å²) in [6, 6.07) is 0. The molecular formula is C6H6F2N2O2. The van der Waals surface area contributed by atoms with E-state index in [9.17, 15) is 8.78 Å². The molecule has 12 heavy (non-hydrogen) atoms. The Morgan fingerprint density at radius 3 is 2.42 bits per heavy atom. The van der Waals surface area contributed by atoms with Crippen LogP contribution in [0.25, 0.3) is 0 Å². The highest BCUT2D eigenvalue weighted by atomic mass is 19.3. The summed E-state index contributed by atoms with van der Waals surface area (Å²) in [5.74, 6) is -2.06. The van der Waals surface area contributed by atoms with Gasteiger partial charge in [-0.3, -0.25) is 0 Å². The minimum atomic E-state index is -2.98. The number of nitrogens with two attached hydrogens (primary N) is 1. The number of hydrogen-bond donors (Lipinski definition) is 3. The molecule has 0 saturated heterocycles. The van der Waals surface area contributed by atoms with Gasteiger partial charge in [0.05, 0.1) is 6.20 Å². The molecule has 0 saturated carbocycles. The lowest BCUT2D eigenvalue weighted by atomic mass is 10.2. The van der Waals surface area contributed by atoms with E-state index < -0.39 is 29.3 Å². The third-order valence-corrected chi connectivity index (χ3v) is 1.32. The molecule has 1 rings (SSSR count). The van der Waals surface area contributed by atoms with Crippen LogP contribution < -0.4 is 5.73 Å². The number of rotatable bonds is 1. The number of alkyl halides is 2. The average Bonchev–Trinajstić information content (AvgIpc) is 1.97. The van der Waals surface area contributed by atoms with Crippen molar-refractivity contribution in [2.45, 2.75) is 6.43 Å². The first-order valence-corrected chi connectivity index (χ1v) is 2.98. The summed E-state index contributed by atoms with van der Waals surface area (Å²) in [5.41, 5.74) is 4.14. The standard InChI is InChI=1S/C6H6F2N2O2/c7-5(8)3-2(11)1-10-6(9)4(3)12/h1,5,11-12H,(H2,9,10). The van der Waals surface area contributed by atoms with Crippen LogP contribution in [0, 0.1) is 0 Å². The summed E-state index contributed by atoms with van der Waals surface area (Å²) in [6.07, 6.45) is -2.22. The first-order valence-electron chi connectivity index (χ1n) is 2.98. The minimum Gasteiger partial charge on any atom is -0.506 e. The van der Waals surface area contributed by atoms with Gasteiger partial charge in [-0.15, -0.1) is 0 Å². The van der Waals surface area contributed by atoms with E-state index in [4.69, 9.17) is 15.9 Å². The van der Waals surface area contributed by atoms with Gasteiger partial charge in [-0.2, -0.15) is 0 Å². The molecule has 0 unspecified atom stereocenters. The molecule has 1 aromatic rings. The number of anilines is 1. The lowest BCUT2D eigenvalue weighted by Crippen LogP contribution is -1.95. The van der Waals surface area contributed by atoms with E-state index in [1.165, 1.54) is 0 Å². The fraction of sp³-hybridized carbons (Fsp3) is 0.167. The average molecular weight is 176 g/mol. The van der Waals surface area contributed by atoms with Crippen molar-refractivity contribution in [3.05, 3.63) is 11.8 Å². The second-order valence-corrected chi connectivity index (χ2v) is 2.09. The van der Waals surface area contributed by atoms with Crippen LogP contribution in [0.1, 0.15) is 12.0 Å². The molecule has 4 nitrogen and oxygen atoms in total. The van der Waals surface area contributed by atoms with E-state index in [0.717, 1.165) is 6.20 Å². The number of hydrogen-bond acceptors (Lipinski definition) is 4. The van der Waals surface area contributed by atoms with Crippen LogP contribution in [0.3, 0.4) is 0 Å². The molecule has 0 aliphatic carbocycles. The fourth-order valence-electron chi connectivity index (χ4n) is 0.736. The molecule has 0 amide bonds. The summed E-state index contributed by atoms with van der Waals surface area (Å²) in [4.78, 5) is 3.27. The van der Waals surface area contributed by atoms with Crippen LogP contribution in [-0.2, 0) is 0 Å². The second-order valence-electron chi connectivity index (χ2n) is 2.09. The maximum Gasteiger partial charge on any atom is 0.271 e. The first kappa shape index (κ1) is 8.51. The van der Waals surface area contributed by atoms with Crippen molar-refractivity contribution in [3.8, 4) is 11.5 Å². The number of pyridine rings is 1. The number of nitrogens with zero attached hydrogens (tertiary/aromatic N) is 1. The summed E-state index contributed by atoms with van der Waals surface area (Å²) < 4.78 is 24.1. The molecule has 0 aromatic carbocycles. The third kappa shape index (κ3) is 1.23. The van der Waals surface area contributed by atoms with Gasteiger partial charge in [0.15, 0.2) is 11.6 Å². The van der Waals surface area contributed by atoms with Gasteiger partial charge in [-0.05, 0) is 0 Å². The van der Waals surface area contributed by atoms with Gasteiger partial charge in [0, 0.05) is 0 Å². The quantitative estimate of drug-likeness (QED) is 0.596. The third-order valence-electron chi connectivity index (χ3n) is 1.32. The van der Waals surface area contributed by atoms with Gasteiger partial charge in [0.2, 0.25) is 0 Å². The molecule has 0 bridgehead atoms. The first-order chi connectivity index (χ1) is 5.54. The lowest BCUT2D eigenvalue weighted by molar-refractivity contribution is 0.143. The normalized spacial score (nSPS) is 10.6. The van der Waals surface area contributed by atoms with Gasteiger partial charge < -0.3 is 15.9 Å². The van der Waals surface area contributed by atoms with Crippen LogP contribution >= 0.6 is 0 Å². The van der Waals surface area contributed by atoms with Crippen LogP contribution in [0.4, 0.5) is 14.6 Å². The van der Waals surface area contributed by atoms with Crippen LogP contribution in [0.5, 0.6) is 11.5 Å². The number of halogens is 2. The zero-order chi connectivity index (χ0) is 9.30. The summed E-state index contributed by atoms with van der Waals surface area (Å²) in [6.45, 7) is 0. The summed E-state index contributed by atoms with van der Waals surface area (Å²) >= 11 is 0. The molecule has 0 radical (unpaired) electrons. The fourth-order valence-corrected chi connectivity index (χ4v) is 0.736. The number of nitrogen functional groups attached to an aromatic ring is 1. The molecule has 1 aromatic heterocycles. The zero-order valence-corrected chi connectivity index (χ0v) is 5.83. The summed E-state index contributed by atoms with van der Waals surface area (Å²) in [5, 5.41) is 17.7. The maximum atomic E-state index is 12.1. The van der Waals surface area contributed by atoms with E-state index in [1.807, 2.05) is 0 Å². The Bertz CT molecular complexity index is 304. The number of aromatic hydroxyl groups is 2. The van der Waals surface area contributed by atoms with E-state index in [-0.39, 0.29) is 0 Å². The molecular weight excluding hydrogens is 170 g/mol. The highest BCUT2D eigenvalue weighted by Crippen LogP contribution is 2.37. The largest absolute Gasteiger partial charge is 0.506 e. The number of aromatic nitrogens is 1. The van der Waals surface area contributed by atoms with E-state index in [2.05, 4.69) is 4.98 Å². The highest BCUT2D eigenvalue weighted by Gasteiger charge is 2.20. The Kier molecular flexibility index (Phi) is 1.99. The smallest absolute Gasteiger partial charge is 0.271 e. The molecule has 0 atom stereocenters. The monoisotopic (exact) mass is 176 g/mol. The molecule has 0 fully saturated rings. The topological polar surface area (TPSA) is 79.4 Å². The Morgan fingerprint density at radius 2 is 2.00 bits per heavy atom. The van der Waals surface area contributed by atoms with Crippen molar-refractivity contribution in [2.24, 2.45) is 0 Å². The lowest BCUT2D eigenvalue weighted by Gasteiger charge is -2.06. The Hall–Kier alpha value is -1.59. The zero-order valence-electron chi connectivity index (χ0n) is 5.83. The highest BCUT2D eigenvalue weighted by molar-refractivity contribution is 5.55. The van der Waals surface area contributed by atoms with Crippen LogP contribution in [0.15, 0.2) is 6.20 Å². The predicted molar refractivity (Wildman–Crippen MR) is 36.9 cm³/mol. The van der Waals surface area contributed by atoms with Crippen molar-refractivity contribution in [3.63, 3.8) is 0 Å². The van der Waals surface area contributed by atoms with Gasteiger partial charge in [0.25, 0.3) is 6.43 Å². The molecule has 0 spiro atoms.